The van der Waals surface area contributed by atoms with Gasteiger partial charge in [-0.3, -0.25) is 4.79 Å². The van der Waals surface area contributed by atoms with Gasteiger partial charge >= 0.3 is 6.61 Å². The number of halogens is 3. The van der Waals surface area contributed by atoms with Crippen LogP contribution in [-0.2, 0) is 6.54 Å². The summed E-state index contributed by atoms with van der Waals surface area (Å²) in [5, 5.41) is 10.7. The third-order valence-electron chi connectivity index (χ3n) is 3.31. The van der Waals surface area contributed by atoms with Gasteiger partial charge in [-0.05, 0) is 24.6 Å². The summed E-state index contributed by atoms with van der Waals surface area (Å²) in [6.07, 6.45) is 4.16. The van der Waals surface area contributed by atoms with Gasteiger partial charge in [-0.1, -0.05) is 0 Å². The van der Waals surface area contributed by atoms with Crippen molar-refractivity contribution in [1.82, 2.24) is 25.1 Å². The molecule has 0 radical (unpaired) electrons. The van der Waals surface area contributed by atoms with Gasteiger partial charge in [-0.15, -0.1) is 0 Å². The number of nitrogens with zero attached hydrogens (tertiary/aromatic N) is 4. The van der Waals surface area contributed by atoms with Crippen LogP contribution in [0.4, 0.5) is 13.2 Å². The zero-order valence-corrected chi connectivity index (χ0v) is 12.9. The van der Waals surface area contributed by atoms with Gasteiger partial charge in [-0.2, -0.15) is 23.6 Å². The molecule has 0 bridgehead atoms. The minimum Gasteiger partial charge on any atom is -0.414 e. The molecule has 0 atom stereocenters. The zero-order chi connectivity index (χ0) is 18.0. The standard InChI is InChI=1S/C15H12F3N5O2/c1-8-2-12-10(7-22-23(12)21-4-8)6-19-13(24)9-3-11(16)14(20-5-9)25-15(17)18/h2-5,7,15H,6H2,1H3,(H,19,24). The fourth-order valence-corrected chi connectivity index (χ4v) is 2.16. The lowest BCUT2D eigenvalue weighted by Crippen LogP contribution is -2.23. The van der Waals surface area contributed by atoms with E-state index in [-0.39, 0.29) is 12.1 Å². The van der Waals surface area contributed by atoms with E-state index in [0.717, 1.165) is 28.9 Å². The van der Waals surface area contributed by atoms with Gasteiger partial charge in [0, 0.05) is 18.3 Å². The first-order chi connectivity index (χ1) is 11.9. The van der Waals surface area contributed by atoms with Crippen LogP contribution in [0, 0.1) is 12.7 Å². The first kappa shape index (κ1) is 16.7. The molecule has 3 rings (SSSR count). The van der Waals surface area contributed by atoms with E-state index in [4.69, 9.17) is 0 Å². The minimum absolute atomic E-state index is 0.120. The summed E-state index contributed by atoms with van der Waals surface area (Å²) in [5.74, 6) is -2.63. The SMILES string of the molecule is Cc1cnn2ncc(CNC(=O)c3cnc(OC(F)F)c(F)c3)c2c1. The molecule has 7 nitrogen and oxygen atoms in total. The van der Waals surface area contributed by atoms with Crippen molar-refractivity contribution in [1.29, 1.82) is 0 Å². The van der Waals surface area contributed by atoms with E-state index in [1.807, 2.05) is 13.0 Å². The second-order valence-corrected chi connectivity index (χ2v) is 5.15. The van der Waals surface area contributed by atoms with Crippen molar-refractivity contribution >= 4 is 11.4 Å². The monoisotopic (exact) mass is 351 g/mol. The van der Waals surface area contributed by atoms with Crippen molar-refractivity contribution in [2.45, 2.75) is 20.1 Å². The van der Waals surface area contributed by atoms with Crippen LogP contribution < -0.4 is 10.1 Å². The highest BCUT2D eigenvalue weighted by atomic mass is 19.3. The summed E-state index contributed by atoms with van der Waals surface area (Å²) in [4.78, 5) is 15.5. The number of ether oxygens (including phenoxy) is 1. The van der Waals surface area contributed by atoms with Crippen molar-refractivity contribution in [3.63, 3.8) is 0 Å². The third kappa shape index (κ3) is 3.67. The number of nitrogens with one attached hydrogen (secondary N) is 1. The number of carbonyl (C=O) groups excluding carboxylic acids is 1. The van der Waals surface area contributed by atoms with E-state index in [2.05, 4.69) is 25.2 Å². The fraction of sp³-hybridized carbons (Fsp3) is 0.200. The molecule has 10 heteroatoms. The predicted octanol–water partition coefficient (Wildman–Crippen LogP) is 2.10. The number of pyridine rings is 1. The van der Waals surface area contributed by atoms with Gasteiger partial charge in [0.15, 0.2) is 5.82 Å². The quantitative estimate of drug-likeness (QED) is 0.761. The number of aryl methyl sites for hydroxylation is 1. The zero-order valence-electron chi connectivity index (χ0n) is 12.9. The molecule has 3 aromatic rings. The van der Waals surface area contributed by atoms with E-state index < -0.39 is 24.2 Å². The molecule has 0 unspecified atom stereocenters. The lowest BCUT2D eigenvalue weighted by molar-refractivity contribution is -0.0553. The van der Waals surface area contributed by atoms with Crippen molar-refractivity contribution < 1.29 is 22.7 Å². The Morgan fingerprint density at radius 2 is 2.04 bits per heavy atom. The van der Waals surface area contributed by atoms with Crippen LogP contribution >= 0.6 is 0 Å². The van der Waals surface area contributed by atoms with Gasteiger partial charge in [0.2, 0.25) is 0 Å². The maximum atomic E-state index is 13.6. The van der Waals surface area contributed by atoms with E-state index >= 15 is 0 Å². The first-order valence-corrected chi connectivity index (χ1v) is 7.12. The Balaban J connectivity index is 1.71. The number of carbonyl (C=O) groups is 1. The van der Waals surface area contributed by atoms with Crippen LogP contribution in [-0.4, -0.2) is 32.3 Å². The number of rotatable bonds is 5. The highest BCUT2D eigenvalue weighted by molar-refractivity contribution is 5.94. The molecule has 130 valence electrons. The maximum absolute atomic E-state index is 13.6. The average molecular weight is 351 g/mol. The Bertz CT molecular complexity index is 929. The molecule has 0 spiro atoms. The van der Waals surface area contributed by atoms with E-state index in [1.165, 1.54) is 4.63 Å². The van der Waals surface area contributed by atoms with Gasteiger partial charge in [-0.25, -0.2) is 9.37 Å². The van der Waals surface area contributed by atoms with Gasteiger partial charge in [0.05, 0.1) is 23.5 Å². The lowest BCUT2D eigenvalue weighted by Gasteiger charge is -2.07. The molecule has 0 aromatic carbocycles. The van der Waals surface area contributed by atoms with E-state index in [0.29, 0.717) is 0 Å². The van der Waals surface area contributed by atoms with Crippen molar-refractivity contribution in [2.24, 2.45) is 0 Å². The molecule has 0 saturated heterocycles. The molecule has 0 aliphatic rings. The van der Waals surface area contributed by atoms with Crippen molar-refractivity contribution in [3.8, 4) is 5.88 Å². The summed E-state index contributed by atoms with van der Waals surface area (Å²) in [6, 6.07) is 2.64. The molecule has 1 N–H and O–H groups in total. The van der Waals surface area contributed by atoms with Crippen LogP contribution in [0.15, 0.2) is 30.7 Å². The van der Waals surface area contributed by atoms with Crippen LogP contribution in [0.2, 0.25) is 0 Å². The molecule has 0 fully saturated rings. The van der Waals surface area contributed by atoms with Gasteiger partial charge in [0.25, 0.3) is 11.8 Å². The van der Waals surface area contributed by atoms with Crippen LogP contribution in [0.1, 0.15) is 21.5 Å². The maximum Gasteiger partial charge on any atom is 0.388 e. The van der Waals surface area contributed by atoms with Crippen LogP contribution in [0.5, 0.6) is 5.88 Å². The number of alkyl halides is 2. The molecule has 25 heavy (non-hydrogen) atoms. The van der Waals surface area contributed by atoms with Gasteiger partial charge < -0.3 is 10.1 Å². The molecule has 3 aromatic heterocycles. The van der Waals surface area contributed by atoms with Crippen LogP contribution in [0.3, 0.4) is 0 Å². The molecular weight excluding hydrogens is 339 g/mol. The summed E-state index contributed by atoms with van der Waals surface area (Å²) in [7, 11) is 0. The summed E-state index contributed by atoms with van der Waals surface area (Å²) in [5.41, 5.74) is 2.26. The smallest absolute Gasteiger partial charge is 0.388 e. The van der Waals surface area contributed by atoms with Crippen LogP contribution in [0.25, 0.3) is 5.52 Å². The average Bonchev–Trinajstić information content (AvgIpc) is 2.96. The fourth-order valence-electron chi connectivity index (χ4n) is 2.16. The Morgan fingerprint density at radius 3 is 2.76 bits per heavy atom. The summed E-state index contributed by atoms with van der Waals surface area (Å²) in [6.45, 7) is -1.20. The number of hydrogen-bond donors (Lipinski definition) is 1. The number of hydrogen-bond acceptors (Lipinski definition) is 5. The van der Waals surface area contributed by atoms with Crippen molar-refractivity contribution in [2.75, 3.05) is 0 Å². The Kier molecular flexibility index (Phi) is 4.50. The summed E-state index contributed by atoms with van der Waals surface area (Å²) < 4.78 is 43.1. The first-order valence-electron chi connectivity index (χ1n) is 7.12. The highest BCUT2D eigenvalue weighted by Crippen LogP contribution is 2.17. The minimum atomic E-state index is -3.20. The largest absolute Gasteiger partial charge is 0.414 e. The van der Waals surface area contributed by atoms with Crippen molar-refractivity contribution in [3.05, 3.63) is 53.2 Å². The molecule has 0 saturated carbocycles. The molecule has 0 aliphatic carbocycles. The molecule has 3 heterocycles. The van der Waals surface area contributed by atoms with E-state index in [1.54, 1.807) is 12.4 Å². The Labute approximate surface area is 139 Å². The lowest BCUT2D eigenvalue weighted by atomic mass is 10.2. The predicted molar refractivity (Wildman–Crippen MR) is 79.7 cm³/mol. The second kappa shape index (κ2) is 6.75. The molecular formula is C15H12F3N5O2. The van der Waals surface area contributed by atoms with E-state index in [9.17, 15) is 18.0 Å². The second-order valence-electron chi connectivity index (χ2n) is 5.15. The molecule has 0 aliphatic heterocycles. The number of amides is 1. The topological polar surface area (TPSA) is 81.4 Å². The number of aromatic nitrogens is 4. The normalized spacial score (nSPS) is 11.1. The summed E-state index contributed by atoms with van der Waals surface area (Å²) >= 11 is 0. The Hall–Kier alpha value is -3.17. The van der Waals surface area contributed by atoms with Gasteiger partial charge in [0.1, 0.15) is 0 Å². The third-order valence-corrected chi connectivity index (χ3v) is 3.31. The molecule has 1 amide bonds. The number of fused-ring (bicyclic) bond motifs is 1. The Morgan fingerprint density at radius 1 is 1.28 bits per heavy atom. The highest BCUT2D eigenvalue weighted by Gasteiger charge is 2.15.